The van der Waals surface area contributed by atoms with Crippen LogP contribution in [-0.2, 0) is 6.54 Å². The summed E-state index contributed by atoms with van der Waals surface area (Å²) < 4.78 is 39.4. The number of fused-ring (bicyclic) bond motifs is 1. The number of nitrogens with zero attached hydrogens (tertiary/aromatic N) is 2. The van der Waals surface area contributed by atoms with Crippen LogP contribution in [0, 0.1) is 0 Å². The second kappa shape index (κ2) is 9.53. The molecule has 0 bridgehead atoms. The lowest BCUT2D eigenvalue weighted by Crippen LogP contribution is -2.37. The third-order valence-corrected chi connectivity index (χ3v) is 4.95. The van der Waals surface area contributed by atoms with Gasteiger partial charge in [-0.25, -0.2) is 0 Å². The average Bonchev–Trinajstić information content (AvgIpc) is 3.04. The third kappa shape index (κ3) is 5.76. The highest BCUT2D eigenvalue weighted by atomic mass is 35.5. The predicted molar refractivity (Wildman–Crippen MR) is 112 cm³/mol. The van der Waals surface area contributed by atoms with Gasteiger partial charge >= 0.3 is 6.18 Å². The van der Waals surface area contributed by atoms with E-state index in [1.807, 2.05) is 6.92 Å². The van der Waals surface area contributed by atoms with Crippen LogP contribution in [0.4, 0.5) is 24.7 Å². The van der Waals surface area contributed by atoms with Crippen molar-refractivity contribution in [3.05, 3.63) is 51.9 Å². The predicted octanol–water partition coefficient (Wildman–Crippen LogP) is 4.83. The molecule has 0 saturated heterocycles. The maximum atomic E-state index is 12.6. The van der Waals surface area contributed by atoms with Crippen LogP contribution >= 0.6 is 11.6 Å². The molecule has 30 heavy (non-hydrogen) atoms. The maximum Gasteiger partial charge on any atom is 0.401 e. The highest BCUT2D eigenvalue weighted by Gasteiger charge is 2.28. The van der Waals surface area contributed by atoms with E-state index in [1.54, 1.807) is 35.0 Å². The van der Waals surface area contributed by atoms with E-state index in [4.69, 9.17) is 11.6 Å². The topological polar surface area (TPSA) is 74.7 Å². The molecule has 2 heterocycles. The molecule has 1 aromatic carbocycles. The molecule has 1 atom stereocenters. The number of pyridine rings is 1. The first-order valence-electron chi connectivity index (χ1n) is 9.67. The van der Waals surface area contributed by atoms with E-state index >= 15 is 0 Å². The van der Waals surface area contributed by atoms with Crippen molar-refractivity contribution in [3.8, 4) is 0 Å². The summed E-state index contributed by atoms with van der Waals surface area (Å²) in [6.45, 7) is 1.28. The highest BCUT2D eigenvalue weighted by Crippen LogP contribution is 2.24. The van der Waals surface area contributed by atoms with Crippen LogP contribution in [0.15, 0.2) is 41.3 Å². The van der Waals surface area contributed by atoms with Gasteiger partial charge < -0.3 is 15.6 Å². The molecule has 0 amide bonds. The Morgan fingerprint density at radius 2 is 1.93 bits per heavy atom. The standard InChI is InChI=1S/C20H23ClF3N5O/c1-2-3-14(26-12-20(22,23)24)9-11-29-16-8-10-25-19(30)17(16)18(28-29)27-15-6-4-13(21)5-7-15/h4-8,10,14,26H,2-3,9,11-12H2,1H3,(H,25,30)(H,27,28). The first-order chi connectivity index (χ1) is 14.3. The highest BCUT2D eigenvalue weighted by molar-refractivity contribution is 6.30. The molecule has 0 aliphatic carbocycles. The molecule has 0 spiro atoms. The van der Waals surface area contributed by atoms with Crippen LogP contribution in [0.25, 0.3) is 10.9 Å². The largest absolute Gasteiger partial charge is 0.401 e. The fourth-order valence-corrected chi connectivity index (χ4v) is 3.43. The molecule has 0 aliphatic rings. The molecular weight excluding hydrogens is 419 g/mol. The first-order valence-corrected chi connectivity index (χ1v) is 10.1. The number of nitrogens with one attached hydrogen (secondary N) is 3. The minimum absolute atomic E-state index is 0.296. The Morgan fingerprint density at radius 1 is 1.20 bits per heavy atom. The van der Waals surface area contributed by atoms with Crippen LogP contribution in [0.5, 0.6) is 0 Å². The van der Waals surface area contributed by atoms with Gasteiger partial charge in [0.2, 0.25) is 0 Å². The van der Waals surface area contributed by atoms with Crippen molar-refractivity contribution < 1.29 is 13.2 Å². The molecule has 3 N–H and O–H groups in total. The molecule has 0 radical (unpaired) electrons. The summed E-state index contributed by atoms with van der Waals surface area (Å²) in [5.74, 6) is 0.379. The summed E-state index contributed by atoms with van der Waals surface area (Å²) in [7, 11) is 0. The fourth-order valence-electron chi connectivity index (χ4n) is 3.30. The van der Waals surface area contributed by atoms with Gasteiger partial charge in [-0.05, 0) is 43.2 Å². The Hall–Kier alpha value is -2.52. The Balaban J connectivity index is 1.82. The van der Waals surface area contributed by atoms with Gasteiger partial charge in [0, 0.05) is 29.5 Å². The zero-order valence-corrected chi connectivity index (χ0v) is 17.1. The lowest BCUT2D eigenvalue weighted by atomic mass is 10.1. The second-order valence-electron chi connectivity index (χ2n) is 7.04. The van der Waals surface area contributed by atoms with E-state index < -0.39 is 12.7 Å². The normalized spacial score (nSPS) is 13.0. The minimum atomic E-state index is -4.26. The third-order valence-electron chi connectivity index (χ3n) is 4.70. The molecule has 1 unspecified atom stereocenters. The maximum absolute atomic E-state index is 12.6. The van der Waals surface area contributed by atoms with Gasteiger partial charge in [-0.3, -0.25) is 9.48 Å². The van der Waals surface area contributed by atoms with Crippen molar-refractivity contribution in [1.82, 2.24) is 20.1 Å². The van der Waals surface area contributed by atoms with Gasteiger partial charge in [0.05, 0.1) is 12.1 Å². The van der Waals surface area contributed by atoms with Gasteiger partial charge in [-0.1, -0.05) is 24.9 Å². The molecule has 10 heteroatoms. The van der Waals surface area contributed by atoms with Crippen LogP contribution < -0.4 is 16.2 Å². The fraction of sp³-hybridized carbons (Fsp3) is 0.400. The summed E-state index contributed by atoms with van der Waals surface area (Å²) in [6.07, 6.45) is -0.897. The van der Waals surface area contributed by atoms with Crippen LogP contribution in [0.2, 0.25) is 5.02 Å². The SMILES string of the molecule is CCCC(CCn1nc(Nc2ccc(Cl)cc2)c2c(=O)[nH]ccc21)NCC(F)(F)F. The molecule has 0 aliphatic heterocycles. The number of aromatic amines is 1. The molecular formula is C20H23ClF3N5O. The second-order valence-corrected chi connectivity index (χ2v) is 7.48. The lowest BCUT2D eigenvalue weighted by Gasteiger charge is -2.19. The van der Waals surface area contributed by atoms with Crippen molar-refractivity contribution in [1.29, 1.82) is 0 Å². The average molecular weight is 442 g/mol. The molecule has 0 saturated carbocycles. The Labute approximate surface area is 176 Å². The molecule has 6 nitrogen and oxygen atoms in total. The summed E-state index contributed by atoms with van der Waals surface area (Å²) in [4.78, 5) is 15.0. The number of alkyl halides is 3. The van der Waals surface area contributed by atoms with Crippen LogP contribution in [0.1, 0.15) is 26.2 Å². The number of hydrogen-bond acceptors (Lipinski definition) is 4. The van der Waals surface area contributed by atoms with Gasteiger partial charge in [0.1, 0.15) is 5.39 Å². The monoisotopic (exact) mass is 441 g/mol. The van der Waals surface area contributed by atoms with Crippen molar-refractivity contribution >= 4 is 34.0 Å². The van der Waals surface area contributed by atoms with E-state index in [0.717, 1.165) is 6.42 Å². The Bertz CT molecular complexity index is 1030. The number of anilines is 2. The van der Waals surface area contributed by atoms with Gasteiger partial charge in [-0.2, -0.15) is 18.3 Å². The van der Waals surface area contributed by atoms with Gasteiger partial charge in [0.15, 0.2) is 5.82 Å². The minimum Gasteiger partial charge on any atom is -0.338 e. The van der Waals surface area contributed by atoms with Crippen molar-refractivity contribution in [2.45, 2.75) is 44.9 Å². The van der Waals surface area contributed by atoms with E-state index in [9.17, 15) is 18.0 Å². The van der Waals surface area contributed by atoms with Gasteiger partial charge in [-0.15, -0.1) is 0 Å². The molecule has 3 rings (SSSR count). The van der Waals surface area contributed by atoms with Crippen molar-refractivity contribution in [2.75, 3.05) is 11.9 Å². The van der Waals surface area contributed by atoms with E-state index in [1.165, 1.54) is 6.20 Å². The number of aryl methyl sites for hydroxylation is 1. The van der Waals surface area contributed by atoms with Crippen LogP contribution in [0.3, 0.4) is 0 Å². The number of aromatic nitrogens is 3. The first kappa shape index (κ1) is 22.2. The van der Waals surface area contributed by atoms with Crippen LogP contribution in [-0.4, -0.2) is 33.5 Å². The number of hydrogen-bond donors (Lipinski definition) is 3. The van der Waals surface area contributed by atoms with Crippen molar-refractivity contribution in [3.63, 3.8) is 0 Å². The number of rotatable bonds is 9. The number of halogens is 4. The van der Waals surface area contributed by atoms with E-state index in [-0.39, 0.29) is 11.6 Å². The molecule has 3 aromatic rings. The number of H-pyrrole nitrogens is 1. The van der Waals surface area contributed by atoms with Gasteiger partial charge in [0.25, 0.3) is 5.56 Å². The summed E-state index contributed by atoms with van der Waals surface area (Å²) >= 11 is 5.91. The zero-order chi connectivity index (χ0) is 21.7. The lowest BCUT2D eigenvalue weighted by molar-refractivity contribution is -0.126. The molecule has 0 fully saturated rings. The van der Waals surface area contributed by atoms with E-state index in [2.05, 4.69) is 20.7 Å². The molecule has 2 aromatic heterocycles. The van der Waals surface area contributed by atoms with Crippen molar-refractivity contribution in [2.24, 2.45) is 0 Å². The quantitative estimate of drug-likeness (QED) is 0.444. The summed E-state index contributed by atoms with van der Waals surface area (Å²) in [5.41, 5.74) is 1.03. The summed E-state index contributed by atoms with van der Waals surface area (Å²) in [5, 5.41) is 11.2. The summed E-state index contributed by atoms with van der Waals surface area (Å²) in [6, 6.07) is 8.40. The Morgan fingerprint density at radius 3 is 2.60 bits per heavy atom. The van der Waals surface area contributed by atoms with E-state index in [0.29, 0.717) is 46.8 Å². The Kier molecular flexibility index (Phi) is 7.04. The number of benzene rings is 1. The molecule has 162 valence electrons. The zero-order valence-electron chi connectivity index (χ0n) is 16.4. The smallest absolute Gasteiger partial charge is 0.338 e.